The summed E-state index contributed by atoms with van der Waals surface area (Å²) >= 11 is 7.34. The van der Waals surface area contributed by atoms with Crippen molar-refractivity contribution >= 4 is 22.9 Å². The van der Waals surface area contributed by atoms with Crippen LogP contribution >= 0.6 is 22.9 Å². The summed E-state index contributed by atoms with van der Waals surface area (Å²) in [7, 11) is 1.60. The Morgan fingerprint density at radius 1 is 1.44 bits per heavy atom. The normalized spacial score (nSPS) is 10.4. The van der Waals surface area contributed by atoms with Gasteiger partial charge in [-0.25, -0.2) is 4.98 Å². The maximum atomic E-state index is 9.24. The van der Waals surface area contributed by atoms with Crippen LogP contribution in [-0.2, 0) is 0 Å². The van der Waals surface area contributed by atoms with Crippen molar-refractivity contribution in [3.8, 4) is 22.2 Å². The molecule has 0 fully saturated rings. The molecule has 16 heavy (non-hydrogen) atoms. The number of benzene rings is 1. The summed E-state index contributed by atoms with van der Waals surface area (Å²) in [6, 6.07) is 3.61. The Kier molecular flexibility index (Phi) is 3.03. The fraction of sp³-hybridized carbons (Fsp3) is 0.182. The molecule has 0 amide bonds. The first-order valence-electron chi connectivity index (χ1n) is 4.61. The second-order valence-electron chi connectivity index (χ2n) is 3.31. The van der Waals surface area contributed by atoms with Crippen LogP contribution in [0.15, 0.2) is 17.5 Å². The van der Waals surface area contributed by atoms with Crippen molar-refractivity contribution in [2.75, 3.05) is 7.11 Å². The van der Waals surface area contributed by atoms with Gasteiger partial charge < -0.3 is 9.84 Å². The van der Waals surface area contributed by atoms with Crippen LogP contribution in [0.25, 0.3) is 10.6 Å². The highest BCUT2D eigenvalue weighted by atomic mass is 35.5. The number of nitrogens with zero attached hydrogens (tertiary/aromatic N) is 1. The third-order valence-corrected chi connectivity index (χ3v) is 3.25. The minimum atomic E-state index is 0.0136. The molecule has 5 heteroatoms. The highest BCUT2D eigenvalue weighted by Gasteiger charge is 2.13. The molecule has 1 heterocycles. The Morgan fingerprint density at radius 3 is 2.75 bits per heavy atom. The van der Waals surface area contributed by atoms with Crippen molar-refractivity contribution < 1.29 is 9.84 Å². The van der Waals surface area contributed by atoms with E-state index in [2.05, 4.69) is 4.98 Å². The number of hydrogen-bond donors (Lipinski definition) is 1. The molecule has 2 aromatic rings. The highest BCUT2D eigenvalue weighted by molar-refractivity contribution is 7.13. The van der Waals surface area contributed by atoms with E-state index in [1.165, 1.54) is 11.3 Å². The van der Waals surface area contributed by atoms with Gasteiger partial charge in [0, 0.05) is 5.02 Å². The van der Waals surface area contributed by atoms with Gasteiger partial charge in [0.2, 0.25) is 5.88 Å². The monoisotopic (exact) mass is 255 g/mol. The van der Waals surface area contributed by atoms with Gasteiger partial charge in [-0.2, -0.15) is 0 Å². The summed E-state index contributed by atoms with van der Waals surface area (Å²) in [5.41, 5.74) is 1.75. The molecule has 0 saturated heterocycles. The largest absolute Gasteiger partial charge is 0.496 e. The molecule has 0 spiro atoms. The number of methoxy groups -OCH3 is 1. The molecular formula is C11H10ClNO2S. The summed E-state index contributed by atoms with van der Waals surface area (Å²) in [6.07, 6.45) is 0. The number of halogens is 1. The summed E-state index contributed by atoms with van der Waals surface area (Å²) < 4.78 is 5.32. The Hall–Kier alpha value is -1.26. The van der Waals surface area contributed by atoms with Gasteiger partial charge in [0.1, 0.15) is 10.8 Å². The molecule has 1 aromatic heterocycles. The first-order chi connectivity index (χ1) is 7.61. The number of aromatic hydroxyl groups is 1. The first-order valence-corrected chi connectivity index (χ1v) is 5.86. The highest BCUT2D eigenvalue weighted by Crippen LogP contribution is 2.37. The predicted octanol–water partition coefficient (Wildman–Crippen LogP) is 3.49. The Balaban J connectivity index is 2.63. The van der Waals surface area contributed by atoms with Crippen LogP contribution in [-0.4, -0.2) is 17.2 Å². The zero-order valence-corrected chi connectivity index (χ0v) is 10.4. The third-order valence-electron chi connectivity index (χ3n) is 2.17. The average molecular weight is 256 g/mol. The number of rotatable bonds is 2. The Morgan fingerprint density at radius 2 is 2.19 bits per heavy atom. The van der Waals surface area contributed by atoms with Crippen molar-refractivity contribution in [2.24, 2.45) is 0 Å². The number of thiazole rings is 1. The predicted molar refractivity (Wildman–Crippen MR) is 65.5 cm³/mol. The lowest BCUT2D eigenvalue weighted by molar-refractivity contribution is 0.413. The van der Waals surface area contributed by atoms with Crippen LogP contribution in [0.4, 0.5) is 0 Å². The number of aromatic nitrogens is 1. The zero-order valence-electron chi connectivity index (χ0n) is 8.82. The van der Waals surface area contributed by atoms with Crippen LogP contribution in [0.2, 0.25) is 5.02 Å². The first kappa shape index (κ1) is 11.2. The van der Waals surface area contributed by atoms with Gasteiger partial charge in [0.25, 0.3) is 0 Å². The van der Waals surface area contributed by atoms with E-state index in [1.54, 1.807) is 18.6 Å². The molecule has 0 atom stereocenters. The summed E-state index contributed by atoms with van der Waals surface area (Å²) in [5, 5.41) is 12.1. The van der Waals surface area contributed by atoms with Crippen LogP contribution < -0.4 is 4.74 Å². The van der Waals surface area contributed by atoms with E-state index in [-0.39, 0.29) is 5.88 Å². The average Bonchev–Trinajstić information content (AvgIpc) is 2.63. The van der Waals surface area contributed by atoms with E-state index in [0.29, 0.717) is 10.0 Å². The van der Waals surface area contributed by atoms with E-state index < -0.39 is 0 Å². The van der Waals surface area contributed by atoms with Gasteiger partial charge in [0.05, 0.1) is 18.1 Å². The van der Waals surface area contributed by atoms with Crippen LogP contribution in [0, 0.1) is 6.92 Å². The molecule has 0 saturated carbocycles. The molecule has 0 aliphatic heterocycles. The summed E-state index contributed by atoms with van der Waals surface area (Å²) in [4.78, 5) is 4.01. The van der Waals surface area contributed by atoms with E-state index in [9.17, 15) is 5.11 Å². The quantitative estimate of drug-likeness (QED) is 0.893. The molecule has 2 rings (SSSR count). The third kappa shape index (κ3) is 1.99. The smallest absolute Gasteiger partial charge is 0.222 e. The lowest BCUT2D eigenvalue weighted by Gasteiger charge is -2.09. The number of hydrogen-bond acceptors (Lipinski definition) is 4. The summed E-state index contributed by atoms with van der Waals surface area (Å²) in [6.45, 7) is 1.92. The molecule has 0 aliphatic carbocycles. The maximum absolute atomic E-state index is 9.24. The molecule has 3 nitrogen and oxygen atoms in total. The van der Waals surface area contributed by atoms with Crippen molar-refractivity contribution in [3.05, 3.63) is 28.1 Å². The fourth-order valence-electron chi connectivity index (χ4n) is 1.55. The standard InChI is InChI=1S/C11H10ClNO2S/c1-6-3-7(12)4-8(10(6)15-2)11-13-9(14)5-16-11/h3-5,14H,1-2H3. The lowest BCUT2D eigenvalue weighted by atomic mass is 10.1. The molecule has 84 valence electrons. The van der Waals surface area contributed by atoms with Gasteiger partial charge in [0.15, 0.2) is 0 Å². The van der Waals surface area contributed by atoms with E-state index in [1.807, 2.05) is 13.0 Å². The van der Waals surface area contributed by atoms with Gasteiger partial charge in [-0.15, -0.1) is 11.3 Å². The molecule has 0 radical (unpaired) electrons. The van der Waals surface area contributed by atoms with Crippen molar-refractivity contribution in [1.82, 2.24) is 4.98 Å². The Bertz CT molecular complexity index is 525. The topological polar surface area (TPSA) is 42.4 Å². The maximum Gasteiger partial charge on any atom is 0.222 e. The second-order valence-corrected chi connectivity index (χ2v) is 4.61. The lowest BCUT2D eigenvalue weighted by Crippen LogP contribution is -1.91. The van der Waals surface area contributed by atoms with E-state index >= 15 is 0 Å². The molecular weight excluding hydrogens is 246 g/mol. The summed E-state index contributed by atoms with van der Waals surface area (Å²) in [5.74, 6) is 0.749. The Labute approximate surface area is 102 Å². The molecule has 0 unspecified atom stereocenters. The van der Waals surface area contributed by atoms with Gasteiger partial charge in [-0.05, 0) is 24.6 Å². The SMILES string of the molecule is COc1c(C)cc(Cl)cc1-c1nc(O)cs1. The van der Waals surface area contributed by atoms with E-state index in [0.717, 1.165) is 16.9 Å². The minimum Gasteiger partial charge on any atom is -0.496 e. The number of aryl methyl sites for hydroxylation is 1. The minimum absolute atomic E-state index is 0.0136. The van der Waals surface area contributed by atoms with Gasteiger partial charge in [-0.1, -0.05) is 11.6 Å². The molecule has 1 aromatic carbocycles. The van der Waals surface area contributed by atoms with Crippen molar-refractivity contribution in [1.29, 1.82) is 0 Å². The van der Waals surface area contributed by atoms with Crippen LogP contribution in [0.1, 0.15) is 5.56 Å². The zero-order chi connectivity index (χ0) is 11.7. The van der Waals surface area contributed by atoms with Crippen molar-refractivity contribution in [2.45, 2.75) is 6.92 Å². The molecule has 0 aliphatic rings. The van der Waals surface area contributed by atoms with Crippen LogP contribution in [0.3, 0.4) is 0 Å². The number of ether oxygens (including phenoxy) is 1. The van der Waals surface area contributed by atoms with Crippen LogP contribution in [0.5, 0.6) is 11.6 Å². The fourth-order valence-corrected chi connectivity index (χ4v) is 2.52. The van der Waals surface area contributed by atoms with Crippen molar-refractivity contribution in [3.63, 3.8) is 0 Å². The van der Waals surface area contributed by atoms with Gasteiger partial charge in [-0.3, -0.25) is 0 Å². The van der Waals surface area contributed by atoms with E-state index in [4.69, 9.17) is 16.3 Å². The van der Waals surface area contributed by atoms with Gasteiger partial charge >= 0.3 is 0 Å². The molecule has 1 N–H and O–H groups in total. The molecule has 0 bridgehead atoms. The second kappa shape index (κ2) is 4.31.